The summed E-state index contributed by atoms with van der Waals surface area (Å²) in [5.74, 6) is 0.737. The summed E-state index contributed by atoms with van der Waals surface area (Å²) in [6.45, 7) is 0. The van der Waals surface area contributed by atoms with Crippen LogP contribution in [0.4, 0.5) is 0 Å². The molecule has 0 aromatic heterocycles. The van der Waals surface area contributed by atoms with Crippen molar-refractivity contribution in [3.63, 3.8) is 0 Å². The summed E-state index contributed by atoms with van der Waals surface area (Å²) in [6.07, 6.45) is 3.51. The van der Waals surface area contributed by atoms with Crippen LogP contribution in [0.3, 0.4) is 0 Å². The molecule has 0 atom stereocenters. The highest BCUT2D eigenvalue weighted by Crippen LogP contribution is 2.14. The van der Waals surface area contributed by atoms with Crippen molar-refractivity contribution in [3.05, 3.63) is 40.9 Å². The molecule has 0 aliphatic carbocycles. The standard InChI is InChI=1S/C12H15NO2S/c1-13-12(16-3)8-11(14)9-4-6-10(15-2)7-5-9/h4-8,13H,1-3H3/b12-8-. The molecule has 86 valence electrons. The van der Waals surface area contributed by atoms with Crippen molar-refractivity contribution in [1.82, 2.24) is 5.32 Å². The van der Waals surface area contributed by atoms with Gasteiger partial charge in [-0.3, -0.25) is 4.79 Å². The number of carbonyl (C=O) groups is 1. The highest BCUT2D eigenvalue weighted by Gasteiger charge is 2.04. The van der Waals surface area contributed by atoms with Gasteiger partial charge in [-0.25, -0.2) is 0 Å². The molecule has 1 N–H and O–H groups in total. The second kappa shape index (κ2) is 6.23. The van der Waals surface area contributed by atoms with Gasteiger partial charge in [-0.1, -0.05) is 0 Å². The van der Waals surface area contributed by atoms with E-state index >= 15 is 0 Å². The number of hydrogen-bond acceptors (Lipinski definition) is 4. The molecule has 0 saturated carbocycles. The Bertz CT molecular complexity index is 379. The zero-order valence-corrected chi connectivity index (χ0v) is 10.4. The second-order valence-corrected chi connectivity index (χ2v) is 3.90. The number of methoxy groups -OCH3 is 1. The molecular formula is C12H15NO2S. The fourth-order valence-corrected chi connectivity index (χ4v) is 1.62. The molecule has 0 saturated heterocycles. The lowest BCUT2D eigenvalue weighted by molar-refractivity contribution is 0.104. The van der Waals surface area contributed by atoms with Crippen LogP contribution in [0.25, 0.3) is 0 Å². The van der Waals surface area contributed by atoms with E-state index < -0.39 is 0 Å². The number of ether oxygens (including phenoxy) is 1. The Labute approximate surface area is 99.9 Å². The van der Waals surface area contributed by atoms with Crippen LogP contribution in [-0.4, -0.2) is 26.2 Å². The van der Waals surface area contributed by atoms with Gasteiger partial charge in [0.15, 0.2) is 5.78 Å². The molecule has 3 nitrogen and oxygen atoms in total. The molecule has 16 heavy (non-hydrogen) atoms. The fourth-order valence-electron chi connectivity index (χ4n) is 1.19. The van der Waals surface area contributed by atoms with Gasteiger partial charge in [-0.05, 0) is 30.5 Å². The van der Waals surface area contributed by atoms with Crippen molar-refractivity contribution in [2.45, 2.75) is 0 Å². The predicted molar refractivity (Wildman–Crippen MR) is 68.0 cm³/mol. The minimum Gasteiger partial charge on any atom is -0.497 e. The van der Waals surface area contributed by atoms with E-state index in [4.69, 9.17) is 4.74 Å². The number of hydrogen-bond donors (Lipinski definition) is 1. The van der Waals surface area contributed by atoms with Gasteiger partial charge in [0.1, 0.15) is 5.75 Å². The van der Waals surface area contributed by atoms with Gasteiger partial charge < -0.3 is 10.1 Å². The van der Waals surface area contributed by atoms with Gasteiger partial charge in [0.2, 0.25) is 0 Å². The Morgan fingerprint density at radius 2 is 2.00 bits per heavy atom. The van der Waals surface area contributed by atoms with Gasteiger partial charge in [0, 0.05) is 18.7 Å². The molecule has 1 aromatic carbocycles. The van der Waals surface area contributed by atoms with E-state index in [0.717, 1.165) is 10.8 Å². The first-order valence-corrected chi connectivity index (χ1v) is 6.05. The van der Waals surface area contributed by atoms with Crippen LogP contribution in [0.15, 0.2) is 35.4 Å². The highest BCUT2D eigenvalue weighted by atomic mass is 32.2. The average Bonchev–Trinajstić information content (AvgIpc) is 2.35. The number of thioether (sulfide) groups is 1. The molecule has 1 aromatic rings. The summed E-state index contributed by atoms with van der Waals surface area (Å²) in [5.41, 5.74) is 0.655. The van der Waals surface area contributed by atoms with Crippen LogP contribution in [-0.2, 0) is 0 Å². The maximum Gasteiger partial charge on any atom is 0.188 e. The van der Waals surface area contributed by atoms with E-state index in [0.29, 0.717) is 5.56 Å². The average molecular weight is 237 g/mol. The number of nitrogens with one attached hydrogen (secondary N) is 1. The Balaban J connectivity index is 2.84. The first-order chi connectivity index (χ1) is 7.71. The van der Waals surface area contributed by atoms with E-state index in [1.54, 1.807) is 44.5 Å². The molecule has 0 bridgehead atoms. The van der Waals surface area contributed by atoms with Crippen LogP contribution in [0.5, 0.6) is 5.75 Å². The van der Waals surface area contributed by atoms with Gasteiger partial charge in [-0.2, -0.15) is 0 Å². The fraction of sp³-hybridized carbons (Fsp3) is 0.250. The van der Waals surface area contributed by atoms with E-state index in [1.165, 1.54) is 11.8 Å². The van der Waals surface area contributed by atoms with Gasteiger partial charge in [-0.15, -0.1) is 11.8 Å². The number of rotatable bonds is 5. The van der Waals surface area contributed by atoms with Crippen molar-refractivity contribution in [1.29, 1.82) is 0 Å². The molecule has 4 heteroatoms. The van der Waals surface area contributed by atoms with E-state index in [2.05, 4.69) is 5.32 Å². The van der Waals surface area contributed by atoms with Crippen LogP contribution in [0, 0.1) is 0 Å². The lowest BCUT2D eigenvalue weighted by Gasteiger charge is -2.03. The first kappa shape index (κ1) is 12.6. The maximum absolute atomic E-state index is 11.8. The normalized spacial score (nSPS) is 11.1. The van der Waals surface area contributed by atoms with Crippen molar-refractivity contribution in [2.24, 2.45) is 0 Å². The predicted octanol–water partition coefficient (Wildman–Crippen LogP) is 2.30. The Hall–Kier alpha value is -1.42. The Morgan fingerprint density at radius 3 is 2.44 bits per heavy atom. The summed E-state index contributed by atoms with van der Waals surface area (Å²) in [4.78, 5) is 11.8. The molecule has 1 rings (SSSR count). The second-order valence-electron chi connectivity index (χ2n) is 3.06. The smallest absolute Gasteiger partial charge is 0.188 e. The van der Waals surface area contributed by atoms with Crippen molar-refractivity contribution in [2.75, 3.05) is 20.4 Å². The topological polar surface area (TPSA) is 38.3 Å². The quantitative estimate of drug-likeness (QED) is 0.630. The number of ketones is 1. The Kier molecular flexibility index (Phi) is 4.92. The molecule has 0 fully saturated rings. The van der Waals surface area contributed by atoms with Crippen molar-refractivity contribution >= 4 is 17.5 Å². The Morgan fingerprint density at radius 1 is 1.38 bits per heavy atom. The SMILES string of the molecule is CN/C(=C/C(=O)c1ccc(OC)cc1)SC. The lowest BCUT2D eigenvalue weighted by Crippen LogP contribution is -2.05. The summed E-state index contributed by atoms with van der Waals surface area (Å²) in [7, 11) is 3.40. The van der Waals surface area contributed by atoms with Crippen LogP contribution < -0.4 is 10.1 Å². The number of carbonyl (C=O) groups excluding carboxylic acids is 1. The molecule has 0 radical (unpaired) electrons. The maximum atomic E-state index is 11.8. The van der Waals surface area contributed by atoms with E-state index in [9.17, 15) is 4.79 Å². The van der Waals surface area contributed by atoms with Gasteiger partial charge in [0.25, 0.3) is 0 Å². The summed E-state index contributed by atoms with van der Waals surface area (Å²) < 4.78 is 5.03. The monoisotopic (exact) mass is 237 g/mol. The first-order valence-electron chi connectivity index (χ1n) is 4.83. The van der Waals surface area contributed by atoms with Crippen LogP contribution in [0.2, 0.25) is 0 Å². The molecule has 0 aliphatic rings. The minimum atomic E-state index is -0.0126. The molecule has 0 heterocycles. The number of allylic oxidation sites excluding steroid dienone is 1. The highest BCUT2D eigenvalue weighted by molar-refractivity contribution is 8.02. The van der Waals surface area contributed by atoms with E-state index in [1.807, 2.05) is 6.26 Å². The third-order valence-corrected chi connectivity index (χ3v) is 2.86. The molecule has 0 spiro atoms. The van der Waals surface area contributed by atoms with E-state index in [-0.39, 0.29) is 5.78 Å². The van der Waals surface area contributed by atoms with Gasteiger partial charge in [0.05, 0.1) is 12.1 Å². The molecule has 0 aliphatic heterocycles. The van der Waals surface area contributed by atoms with Crippen LogP contribution >= 0.6 is 11.8 Å². The minimum absolute atomic E-state index is 0.0126. The molecule has 0 amide bonds. The largest absolute Gasteiger partial charge is 0.497 e. The van der Waals surface area contributed by atoms with Crippen molar-refractivity contribution < 1.29 is 9.53 Å². The zero-order valence-electron chi connectivity index (χ0n) is 9.61. The lowest BCUT2D eigenvalue weighted by atomic mass is 10.1. The summed E-state index contributed by atoms with van der Waals surface area (Å²) in [5, 5.41) is 3.80. The van der Waals surface area contributed by atoms with Crippen LogP contribution in [0.1, 0.15) is 10.4 Å². The number of benzene rings is 1. The molecular weight excluding hydrogens is 222 g/mol. The van der Waals surface area contributed by atoms with Gasteiger partial charge >= 0.3 is 0 Å². The zero-order chi connectivity index (χ0) is 12.0. The third-order valence-electron chi connectivity index (χ3n) is 2.10. The molecule has 0 unspecified atom stereocenters. The van der Waals surface area contributed by atoms with Crippen molar-refractivity contribution in [3.8, 4) is 5.75 Å². The summed E-state index contributed by atoms with van der Waals surface area (Å²) in [6, 6.07) is 7.06. The summed E-state index contributed by atoms with van der Waals surface area (Å²) >= 11 is 1.51. The third kappa shape index (κ3) is 3.31.